The van der Waals surface area contributed by atoms with Gasteiger partial charge in [-0.05, 0) is 30.4 Å². The van der Waals surface area contributed by atoms with Crippen LogP contribution in [-0.4, -0.2) is 42.5 Å². The third-order valence-corrected chi connectivity index (χ3v) is 4.41. The minimum atomic E-state index is -4.40. The predicted molar refractivity (Wildman–Crippen MR) is 81.7 cm³/mol. The standard InChI is InChI=1S/C15H17F3N2O2S/c16-15(17,18)10-19-14(22)11-5-7-20(8-6-11)13(21)4-3-12-2-1-9-23-12/h1-4,9,11H,5-8,10H2,(H,19,22)/b4-3+. The molecule has 0 bridgehead atoms. The number of rotatable bonds is 4. The van der Waals surface area contributed by atoms with E-state index in [2.05, 4.69) is 0 Å². The van der Waals surface area contributed by atoms with Gasteiger partial charge in [-0.3, -0.25) is 9.59 Å². The van der Waals surface area contributed by atoms with Gasteiger partial charge in [0.05, 0.1) is 0 Å². The van der Waals surface area contributed by atoms with Crippen LogP contribution >= 0.6 is 11.3 Å². The van der Waals surface area contributed by atoms with E-state index in [1.165, 1.54) is 17.4 Å². The van der Waals surface area contributed by atoms with E-state index in [1.54, 1.807) is 11.0 Å². The van der Waals surface area contributed by atoms with Crippen molar-refractivity contribution in [2.75, 3.05) is 19.6 Å². The van der Waals surface area contributed by atoms with E-state index in [0.717, 1.165) is 4.88 Å². The number of thiophene rings is 1. The molecule has 0 aromatic carbocycles. The van der Waals surface area contributed by atoms with E-state index in [4.69, 9.17) is 0 Å². The molecule has 0 radical (unpaired) electrons. The summed E-state index contributed by atoms with van der Waals surface area (Å²) in [5.74, 6) is -1.21. The molecule has 23 heavy (non-hydrogen) atoms. The number of piperidine rings is 1. The first-order chi connectivity index (χ1) is 10.8. The summed E-state index contributed by atoms with van der Waals surface area (Å²) in [6.07, 6.45) is -0.436. The lowest BCUT2D eigenvalue weighted by Crippen LogP contribution is -2.44. The van der Waals surface area contributed by atoms with Crippen LogP contribution in [0.1, 0.15) is 17.7 Å². The average Bonchev–Trinajstić information content (AvgIpc) is 3.03. The van der Waals surface area contributed by atoms with Gasteiger partial charge in [-0.15, -0.1) is 11.3 Å². The van der Waals surface area contributed by atoms with Crippen LogP contribution in [0.4, 0.5) is 13.2 Å². The van der Waals surface area contributed by atoms with Crippen LogP contribution in [0, 0.1) is 5.92 Å². The molecule has 1 aromatic heterocycles. The van der Waals surface area contributed by atoms with Crippen LogP contribution in [0.5, 0.6) is 0 Å². The number of halogens is 3. The molecule has 0 atom stereocenters. The van der Waals surface area contributed by atoms with Crippen LogP contribution in [0.3, 0.4) is 0 Å². The summed E-state index contributed by atoms with van der Waals surface area (Å²) in [5, 5.41) is 3.81. The van der Waals surface area contributed by atoms with Crippen molar-refractivity contribution in [2.24, 2.45) is 5.92 Å². The molecule has 1 fully saturated rings. The SMILES string of the molecule is O=C(NCC(F)(F)F)C1CCN(C(=O)/C=C/c2cccs2)CC1. The zero-order valence-electron chi connectivity index (χ0n) is 12.3. The van der Waals surface area contributed by atoms with Gasteiger partial charge in [-0.2, -0.15) is 13.2 Å². The quantitative estimate of drug-likeness (QED) is 0.852. The van der Waals surface area contributed by atoms with Crippen molar-refractivity contribution in [3.8, 4) is 0 Å². The first-order valence-corrected chi connectivity index (χ1v) is 8.08. The maximum Gasteiger partial charge on any atom is 0.405 e. The Morgan fingerprint density at radius 2 is 2.04 bits per heavy atom. The first kappa shape index (κ1) is 17.5. The Hall–Kier alpha value is -1.83. The summed E-state index contributed by atoms with van der Waals surface area (Å²) in [7, 11) is 0. The molecule has 0 saturated carbocycles. The molecule has 1 N–H and O–H groups in total. The number of hydrogen-bond donors (Lipinski definition) is 1. The minimum Gasteiger partial charge on any atom is -0.347 e. The minimum absolute atomic E-state index is 0.146. The molecule has 1 aliphatic heterocycles. The third-order valence-electron chi connectivity index (χ3n) is 3.57. The maximum absolute atomic E-state index is 12.1. The molecule has 1 aromatic rings. The zero-order valence-corrected chi connectivity index (χ0v) is 13.1. The van der Waals surface area contributed by atoms with Crippen molar-refractivity contribution < 1.29 is 22.8 Å². The molecular formula is C15H17F3N2O2S. The van der Waals surface area contributed by atoms with Gasteiger partial charge in [0.1, 0.15) is 6.54 Å². The summed E-state index contributed by atoms with van der Waals surface area (Å²) in [5.41, 5.74) is 0. The maximum atomic E-state index is 12.1. The molecule has 0 aliphatic carbocycles. The monoisotopic (exact) mass is 346 g/mol. The van der Waals surface area contributed by atoms with Crippen LogP contribution in [0.25, 0.3) is 6.08 Å². The Morgan fingerprint density at radius 1 is 1.35 bits per heavy atom. The predicted octanol–water partition coefficient (Wildman–Crippen LogP) is 2.68. The highest BCUT2D eigenvalue weighted by atomic mass is 32.1. The largest absolute Gasteiger partial charge is 0.405 e. The smallest absolute Gasteiger partial charge is 0.347 e. The topological polar surface area (TPSA) is 49.4 Å². The number of alkyl halides is 3. The van der Waals surface area contributed by atoms with Crippen LogP contribution in [-0.2, 0) is 9.59 Å². The van der Waals surface area contributed by atoms with E-state index >= 15 is 0 Å². The van der Waals surface area contributed by atoms with Gasteiger partial charge in [-0.1, -0.05) is 6.07 Å². The molecule has 0 spiro atoms. The lowest BCUT2D eigenvalue weighted by Gasteiger charge is -2.30. The van der Waals surface area contributed by atoms with E-state index in [9.17, 15) is 22.8 Å². The molecule has 2 heterocycles. The van der Waals surface area contributed by atoms with Crippen LogP contribution in [0.15, 0.2) is 23.6 Å². The Kier molecular flexibility index (Phi) is 5.81. The fourth-order valence-electron chi connectivity index (χ4n) is 2.34. The van der Waals surface area contributed by atoms with Gasteiger partial charge in [0.25, 0.3) is 0 Å². The highest BCUT2D eigenvalue weighted by Crippen LogP contribution is 2.19. The fraction of sp³-hybridized carbons (Fsp3) is 0.467. The van der Waals surface area contributed by atoms with E-state index in [1.807, 2.05) is 22.8 Å². The number of carbonyl (C=O) groups is 2. The number of amides is 2. The molecule has 1 saturated heterocycles. The molecule has 1 aliphatic rings. The zero-order chi connectivity index (χ0) is 16.9. The van der Waals surface area contributed by atoms with Crippen molar-refractivity contribution in [1.29, 1.82) is 0 Å². The molecule has 2 amide bonds. The van der Waals surface area contributed by atoms with Crippen LogP contribution in [0.2, 0.25) is 0 Å². The lowest BCUT2D eigenvalue weighted by atomic mass is 9.96. The summed E-state index contributed by atoms with van der Waals surface area (Å²) < 4.78 is 36.2. The van der Waals surface area contributed by atoms with Gasteiger partial charge in [0.2, 0.25) is 11.8 Å². The number of hydrogen-bond acceptors (Lipinski definition) is 3. The Balaban J connectivity index is 1.77. The molecule has 0 unspecified atom stereocenters. The number of carbonyl (C=O) groups excluding carboxylic acids is 2. The number of likely N-dealkylation sites (tertiary alicyclic amines) is 1. The lowest BCUT2D eigenvalue weighted by molar-refractivity contribution is -0.142. The van der Waals surface area contributed by atoms with Crippen molar-refractivity contribution in [3.63, 3.8) is 0 Å². The molecule has 2 rings (SSSR count). The van der Waals surface area contributed by atoms with Crippen molar-refractivity contribution in [1.82, 2.24) is 10.2 Å². The van der Waals surface area contributed by atoms with Gasteiger partial charge in [-0.25, -0.2) is 0 Å². The Morgan fingerprint density at radius 3 is 2.61 bits per heavy atom. The van der Waals surface area contributed by atoms with Gasteiger partial charge in [0, 0.05) is 30.0 Å². The Bertz CT molecular complexity index is 562. The molecule has 8 heteroatoms. The second kappa shape index (κ2) is 7.63. The van der Waals surface area contributed by atoms with Crippen molar-refractivity contribution >= 4 is 29.2 Å². The van der Waals surface area contributed by atoms with Crippen molar-refractivity contribution in [3.05, 3.63) is 28.5 Å². The third kappa shape index (κ3) is 5.70. The molecular weight excluding hydrogens is 329 g/mol. The second-order valence-corrected chi connectivity index (χ2v) is 6.26. The second-order valence-electron chi connectivity index (χ2n) is 5.28. The van der Waals surface area contributed by atoms with E-state index in [-0.39, 0.29) is 5.91 Å². The van der Waals surface area contributed by atoms with E-state index in [0.29, 0.717) is 25.9 Å². The number of nitrogens with zero attached hydrogens (tertiary/aromatic N) is 1. The number of nitrogens with one attached hydrogen (secondary N) is 1. The normalized spacial score (nSPS) is 16.7. The summed E-state index contributed by atoms with van der Waals surface area (Å²) >= 11 is 1.52. The summed E-state index contributed by atoms with van der Waals surface area (Å²) in [6.45, 7) is -0.566. The first-order valence-electron chi connectivity index (χ1n) is 7.20. The van der Waals surface area contributed by atoms with Crippen LogP contribution < -0.4 is 5.32 Å². The average molecular weight is 346 g/mol. The van der Waals surface area contributed by atoms with Gasteiger partial charge < -0.3 is 10.2 Å². The van der Waals surface area contributed by atoms with Crippen molar-refractivity contribution in [2.45, 2.75) is 19.0 Å². The molecule has 126 valence electrons. The molecule has 4 nitrogen and oxygen atoms in total. The highest BCUT2D eigenvalue weighted by Gasteiger charge is 2.31. The highest BCUT2D eigenvalue weighted by molar-refractivity contribution is 7.10. The fourth-order valence-corrected chi connectivity index (χ4v) is 2.96. The van der Waals surface area contributed by atoms with E-state index < -0.39 is 24.5 Å². The Labute approximate surface area is 136 Å². The van der Waals surface area contributed by atoms with Gasteiger partial charge >= 0.3 is 6.18 Å². The summed E-state index contributed by atoms with van der Waals surface area (Å²) in [6, 6.07) is 3.78. The summed E-state index contributed by atoms with van der Waals surface area (Å²) in [4.78, 5) is 26.3. The van der Waals surface area contributed by atoms with Gasteiger partial charge in [0.15, 0.2) is 0 Å².